The van der Waals surface area contributed by atoms with E-state index in [4.69, 9.17) is 13.6 Å². The van der Waals surface area contributed by atoms with E-state index in [0.29, 0.717) is 6.23 Å². The van der Waals surface area contributed by atoms with Crippen molar-refractivity contribution in [1.82, 2.24) is 0 Å². The lowest BCUT2D eigenvalue weighted by atomic mass is 10.5. The van der Waals surface area contributed by atoms with E-state index in [2.05, 4.69) is 0 Å². The first kappa shape index (κ1) is 10.7. The molecule has 0 saturated heterocycles. The van der Waals surface area contributed by atoms with E-state index in [1.54, 1.807) is 14.2 Å². The van der Waals surface area contributed by atoms with E-state index >= 15 is 0 Å². The van der Waals surface area contributed by atoms with Crippen molar-refractivity contribution in [3.63, 3.8) is 0 Å². The third-order valence-electron chi connectivity index (χ3n) is 1.38. The van der Waals surface area contributed by atoms with Crippen LogP contribution >= 0.6 is 0 Å². The molecule has 0 unspecified atom stereocenters. The van der Waals surface area contributed by atoms with Gasteiger partial charge in [0.2, 0.25) is 0 Å². The van der Waals surface area contributed by atoms with Gasteiger partial charge in [-0.05, 0) is 13.8 Å². The Morgan fingerprint density at radius 1 is 1.36 bits per heavy atom. The van der Waals surface area contributed by atoms with Gasteiger partial charge in [0, 0.05) is 14.2 Å². The van der Waals surface area contributed by atoms with Gasteiger partial charge in [0.05, 0.1) is 5.76 Å². The van der Waals surface area contributed by atoms with Crippen molar-refractivity contribution in [3.05, 3.63) is 11.8 Å². The summed E-state index contributed by atoms with van der Waals surface area (Å²) in [5.41, 5.74) is 0. The molecule has 0 aromatic carbocycles. The van der Waals surface area contributed by atoms with Crippen molar-refractivity contribution in [1.29, 1.82) is 0 Å². The van der Waals surface area contributed by atoms with E-state index < -0.39 is 9.28 Å². The van der Waals surface area contributed by atoms with Gasteiger partial charge in [0.1, 0.15) is 6.23 Å². The molecular formula is C7H16O3Si. The van der Waals surface area contributed by atoms with Gasteiger partial charge in [0.15, 0.2) is 0 Å². The Balaban J connectivity index is 3.50. The highest BCUT2D eigenvalue weighted by molar-refractivity contribution is 6.44. The third kappa shape index (κ3) is 5.00. The molecule has 0 amide bonds. The molecule has 0 aliphatic rings. The van der Waals surface area contributed by atoms with Crippen molar-refractivity contribution >= 4 is 9.28 Å². The van der Waals surface area contributed by atoms with Crippen LogP contribution in [0.25, 0.3) is 0 Å². The SMILES string of the molecule is CC=C(C)OC[SiH](OC)OC. The second-order valence-electron chi connectivity index (χ2n) is 2.11. The summed E-state index contributed by atoms with van der Waals surface area (Å²) in [6.45, 7) is 3.85. The van der Waals surface area contributed by atoms with Crippen LogP contribution in [0.5, 0.6) is 0 Å². The molecule has 0 heterocycles. The monoisotopic (exact) mass is 176 g/mol. The van der Waals surface area contributed by atoms with Crippen molar-refractivity contribution in [2.24, 2.45) is 0 Å². The Morgan fingerprint density at radius 3 is 2.27 bits per heavy atom. The standard InChI is InChI=1S/C7H16O3Si/c1-5-7(2)10-6-11(8-3)9-4/h5,11H,6H2,1-4H3. The molecule has 0 aliphatic carbocycles. The summed E-state index contributed by atoms with van der Waals surface area (Å²) < 4.78 is 15.4. The highest BCUT2D eigenvalue weighted by atomic mass is 28.3. The van der Waals surface area contributed by atoms with Gasteiger partial charge < -0.3 is 13.6 Å². The van der Waals surface area contributed by atoms with Gasteiger partial charge in [-0.1, -0.05) is 6.08 Å². The maximum Gasteiger partial charge on any atom is 0.359 e. The largest absolute Gasteiger partial charge is 0.497 e. The second kappa shape index (κ2) is 6.39. The number of ether oxygens (including phenoxy) is 1. The normalized spacial score (nSPS) is 12.3. The summed E-state index contributed by atoms with van der Waals surface area (Å²) in [6, 6.07) is 0. The second-order valence-corrected chi connectivity index (χ2v) is 4.25. The first-order valence-electron chi connectivity index (χ1n) is 3.55. The van der Waals surface area contributed by atoms with Crippen molar-refractivity contribution in [3.8, 4) is 0 Å². The Labute approximate surface area is 69.8 Å². The molecule has 0 N–H and O–H groups in total. The molecule has 11 heavy (non-hydrogen) atoms. The molecule has 0 aromatic rings. The predicted octanol–water partition coefficient (Wildman–Crippen LogP) is 0.979. The van der Waals surface area contributed by atoms with Gasteiger partial charge >= 0.3 is 9.28 Å². The number of hydrogen-bond acceptors (Lipinski definition) is 3. The van der Waals surface area contributed by atoms with Crippen LogP contribution in [0.3, 0.4) is 0 Å². The Kier molecular flexibility index (Phi) is 6.20. The van der Waals surface area contributed by atoms with E-state index in [1.165, 1.54) is 0 Å². The molecule has 3 nitrogen and oxygen atoms in total. The van der Waals surface area contributed by atoms with Crippen LogP contribution < -0.4 is 0 Å². The number of allylic oxidation sites excluding steroid dienone is 2. The molecule has 0 spiro atoms. The molecule has 0 aliphatic heterocycles. The first-order chi connectivity index (χ1) is 5.24. The smallest absolute Gasteiger partial charge is 0.359 e. The average Bonchev–Trinajstić information content (AvgIpc) is 2.06. The topological polar surface area (TPSA) is 27.7 Å². The van der Waals surface area contributed by atoms with E-state index in [0.717, 1.165) is 5.76 Å². The number of rotatable bonds is 5. The summed E-state index contributed by atoms with van der Waals surface area (Å²) in [6.07, 6.45) is 2.49. The summed E-state index contributed by atoms with van der Waals surface area (Å²) in [5.74, 6) is 0.914. The lowest BCUT2D eigenvalue weighted by molar-refractivity contribution is 0.195. The van der Waals surface area contributed by atoms with Crippen molar-refractivity contribution in [2.45, 2.75) is 13.8 Å². The highest BCUT2D eigenvalue weighted by Gasteiger charge is 2.09. The van der Waals surface area contributed by atoms with Crippen LogP contribution in [0, 0.1) is 0 Å². The molecule has 0 radical (unpaired) electrons. The van der Waals surface area contributed by atoms with Gasteiger partial charge in [-0.3, -0.25) is 0 Å². The zero-order valence-corrected chi connectivity index (χ0v) is 8.74. The predicted molar refractivity (Wildman–Crippen MR) is 46.6 cm³/mol. The molecule has 0 aromatic heterocycles. The summed E-state index contributed by atoms with van der Waals surface area (Å²) >= 11 is 0. The summed E-state index contributed by atoms with van der Waals surface area (Å²) in [5, 5.41) is 0. The van der Waals surface area contributed by atoms with Gasteiger partial charge in [-0.25, -0.2) is 0 Å². The molecule has 0 rings (SSSR count). The van der Waals surface area contributed by atoms with Crippen LogP contribution in [-0.4, -0.2) is 29.7 Å². The maximum absolute atomic E-state index is 5.31. The quantitative estimate of drug-likeness (QED) is 0.461. The fourth-order valence-corrected chi connectivity index (χ4v) is 1.38. The maximum atomic E-state index is 5.31. The lowest BCUT2D eigenvalue weighted by Gasteiger charge is -2.11. The van der Waals surface area contributed by atoms with Crippen LogP contribution in [0.1, 0.15) is 13.8 Å². The number of hydrogen-bond donors (Lipinski definition) is 0. The van der Waals surface area contributed by atoms with Crippen LogP contribution in [-0.2, 0) is 13.6 Å². The zero-order chi connectivity index (χ0) is 8.69. The van der Waals surface area contributed by atoms with E-state index in [-0.39, 0.29) is 0 Å². The van der Waals surface area contributed by atoms with Gasteiger partial charge in [-0.2, -0.15) is 0 Å². The molecule has 0 atom stereocenters. The molecular weight excluding hydrogens is 160 g/mol. The van der Waals surface area contributed by atoms with Gasteiger partial charge in [-0.15, -0.1) is 0 Å². The van der Waals surface area contributed by atoms with Crippen LogP contribution in [0.4, 0.5) is 0 Å². The van der Waals surface area contributed by atoms with Crippen LogP contribution in [0.2, 0.25) is 0 Å². The molecule has 4 heteroatoms. The minimum Gasteiger partial charge on any atom is -0.497 e. The highest BCUT2D eigenvalue weighted by Crippen LogP contribution is 1.96. The Morgan fingerprint density at radius 2 is 1.91 bits per heavy atom. The molecule has 66 valence electrons. The van der Waals surface area contributed by atoms with E-state index in [1.807, 2.05) is 19.9 Å². The first-order valence-corrected chi connectivity index (χ1v) is 5.31. The van der Waals surface area contributed by atoms with Gasteiger partial charge in [0.25, 0.3) is 0 Å². The fraction of sp³-hybridized carbons (Fsp3) is 0.714. The Bertz CT molecular complexity index is 121. The minimum atomic E-state index is -1.53. The van der Waals surface area contributed by atoms with Crippen molar-refractivity contribution < 1.29 is 13.6 Å². The van der Waals surface area contributed by atoms with E-state index in [9.17, 15) is 0 Å². The zero-order valence-electron chi connectivity index (χ0n) is 7.59. The minimum absolute atomic E-state index is 0.573. The van der Waals surface area contributed by atoms with Crippen LogP contribution in [0.15, 0.2) is 11.8 Å². The molecule has 0 saturated carbocycles. The summed E-state index contributed by atoms with van der Waals surface area (Å²) in [7, 11) is 1.77. The molecule has 0 fully saturated rings. The average molecular weight is 176 g/mol. The fourth-order valence-electron chi connectivity index (χ4n) is 0.515. The third-order valence-corrected chi connectivity index (χ3v) is 2.87. The lowest BCUT2D eigenvalue weighted by Crippen LogP contribution is -2.25. The summed E-state index contributed by atoms with van der Waals surface area (Å²) in [4.78, 5) is 0. The van der Waals surface area contributed by atoms with Crippen molar-refractivity contribution in [2.75, 3.05) is 20.4 Å². The molecule has 0 bridgehead atoms. The Hall–Kier alpha value is -0.323.